The minimum atomic E-state index is -0.755. The van der Waals surface area contributed by atoms with Gasteiger partial charge in [0.25, 0.3) is 5.78 Å². The largest absolute Gasteiger partial charge is 0.507 e. The Morgan fingerprint density at radius 1 is 1.12 bits per heavy atom. The number of ketones is 1. The van der Waals surface area contributed by atoms with Crippen LogP contribution in [-0.2, 0) is 9.59 Å². The Bertz CT molecular complexity index is 1420. The molecule has 6 nitrogen and oxygen atoms in total. The number of carbonyl (C=O) groups is 2. The van der Waals surface area contributed by atoms with Gasteiger partial charge < -0.3 is 9.84 Å². The summed E-state index contributed by atoms with van der Waals surface area (Å²) in [6.45, 7) is 3.99. The first-order valence-corrected chi connectivity index (χ1v) is 11.9. The van der Waals surface area contributed by atoms with Gasteiger partial charge in [0.05, 0.1) is 22.9 Å². The maximum atomic E-state index is 13.3. The molecule has 166 valence electrons. The van der Waals surface area contributed by atoms with E-state index < -0.39 is 17.7 Å². The van der Waals surface area contributed by atoms with Crippen LogP contribution in [0.25, 0.3) is 16.0 Å². The number of rotatable bonds is 4. The van der Waals surface area contributed by atoms with Crippen LogP contribution in [0.4, 0.5) is 5.13 Å². The van der Waals surface area contributed by atoms with Gasteiger partial charge in [0.2, 0.25) is 0 Å². The van der Waals surface area contributed by atoms with E-state index in [2.05, 4.69) is 0 Å². The van der Waals surface area contributed by atoms with Gasteiger partial charge in [-0.15, -0.1) is 11.3 Å². The van der Waals surface area contributed by atoms with Crippen LogP contribution >= 0.6 is 22.7 Å². The van der Waals surface area contributed by atoms with E-state index in [0.717, 1.165) is 26.2 Å². The van der Waals surface area contributed by atoms with Crippen LogP contribution in [0.15, 0.2) is 59.5 Å². The Balaban J connectivity index is 1.70. The van der Waals surface area contributed by atoms with E-state index in [1.807, 2.05) is 43.5 Å². The topological polar surface area (TPSA) is 79.7 Å². The van der Waals surface area contributed by atoms with Crippen LogP contribution in [0.5, 0.6) is 5.75 Å². The van der Waals surface area contributed by atoms with E-state index in [1.54, 1.807) is 31.4 Å². The highest BCUT2D eigenvalue weighted by molar-refractivity contribution is 7.22. The number of fused-ring (bicyclic) bond motifs is 1. The van der Waals surface area contributed by atoms with Gasteiger partial charge in [-0.1, -0.05) is 23.5 Å². The summed E-state index contributed by atoms with van der Waals surface area (Å²) in [6.07, 6.45) is 0. The number of hydrogen-bond acceptors (Lipinski definition) is 7. The fraction of sp³-hybridized carbons (Fsp3) is 0.160. The molecule has 1 atom stereocenters. The lowest BCUT2D eigenvalue weighted by Gasteiger charge is -2.21. The van der Waals surface area contributed by atoms with Crippen molar-refractivity contribution in [1.29, 1.82) is 0 Å². The maximum Gasteiger partial charge on any atom is 0.301 e. The molecule has 0 aliphatic carbocycles. The number of thiazole rings is 1. The van der Waals surface area contributed by atoms with Crippen molar-refractivity contribution in [2.24, 2.45) is 0 Å². The molecule has 3 heterocycles. The number of aryl methyl sites for hydroxylation is 2. The molecule has 1 saturated heterocycles. The summed E-state index contributed by atoms with van der Waals surface area (Å²) < 4.78 is 6.13. The van der Waals surface area contributed by atoms with Gasteiger partial charge in [0.1, 0.15) is 17.6 Å². The second kappa shape index (κ2) is 8.13. The molecule has 0 bridgehead atoms. The number of nitrogens with zero attached hydrogens (tertiary/aromatic N) is 2. The van der Waals surface area contributed by atoms with Crippen LogP contribution in [0.2, 0.25) is 0 Å². The van der Waals surface area contributed by atoms with Crippen molar-refractivity contribution >= 4 is 55.5 Å². The SMILES string of the molecule is COc1ccc(/C(O)=C2\C(=O)C(=O)N(c3nc4c(C)cc(C)cc4s3)C2c2cccs2)cc1. The van der Waals surface area contributed by atoms with Crippen LogP contribution < -0.4 is 9.64 Å². The summed E-state index contributed by atoms with van der Waals surface area (Å²) in [4.78, 5) is 33.4. The lowest BCUT2D eigenvalue weighted by Crippen LogP contribution is -2.28. The van der Waals surface area contributed by atoms with Gasteiger partial charge in [-0.2, -0.15) is 0 Å². The number of aliphatic hydroxyl groups is 1. The number of thiophene rings is 1. The molecule has 1 amide bonds. The molecule has 1 aliphatic rings. The zero-order valence-corrected chi connectivity index (χ0v) is 19.8. The van der Waals surface area contributed by atoms with E-state index in [4.69, 9.17) is 9.72 Å². The molecule has 2 aromatic heterocycles. The zero-order valence-electron chi connectivity index (χ0n) is 18.2. The molecule has 0 saturated carbocycles. The summed E-state index contributed by atoms with van der Waals surface area (Å²) in [5, 5.41) is 13.5. The monoisotopic (exact) mass is 476 g/mol. The molecule has 5 rings (SSSR count). The Morgan fingerprint density at radius 3 is 2.55 bits per heavy atom. The van der Waals surface area contributed by atoms with E-state index >= 15 is 0 Å². The van der Waals surface area contributed by atoms with Crippen molar-refractivity contribution in [3.05, 3.63) is 81.1 Å². The van der Waals surface area contributed by atoms with Crippen LogP contribution in [0, 0.1) is 13.8 Å². The molecule has 2 aromatic carbocycles. The number of hydrogen-bond donors (Lipinski definition) is 1. The third-order valence-corrected chi connectivity index (χ3v) is 7.57. The zero-order chi connectivity index (χ0) is 23.3. The summed E-state index contributed by atoms with van der Waals surface area (Å²) in [6, 6.07) is 13.8. The highest BCUT2D eigenvalue weighted by atomic mass is 32.1. The summed E-state index contributed by atoms with van der Waals surface area (Å²) >= 11 is 2.79. The first-order chi connectivity index (χ1) is 15.9. The second-order valence-corrected chi connectivity index (χ2v) is 9.83. The van der Waals surface area contributed by atoms with Crippen molar-refractivity contribution < 1.29 is 19.4 Å². The highest BCUT2D eigenvalue weighted by Gasteiger charge is 2.48. The third kappa shape index (κ3) is 3.51. The Morgan fingerprint density at radius 2 is 1.88 bits per heavy atom. The van der Waals surface area contributed by atoms with Gasteiger partial charge >= 0.3 is 5.91 Å². The number of benzene rings is 2. The lowest BCUT2D eigenvalue weighted by atomic mass is 10.00. The molecule has 1 aliphatic heterocycles. The van der Waals surface area contributed by atoms with Crippen molar-refractivity contribution in [2.45, 2.75) is 19.9 Å². The number of anilines is 1. The molecular formula is C25H20N2O4S2. The number of Topliss-reactive ketones (excluding diaryl/α,β-unsaturated/α-hetero) is 1. The summed E-state index contributed by atoms with van der Waals surface area (Å²) in [5.74, 6) is -1.02. The van der Waals surface area contributed by atoms with Gasteiger partial charge in [-0.25, -0.2) is 4.98 Å². The molecule has 8 heteroatoms. The number of aromatic nitrogens is 1. The molecule has 0 spiro atoms. The second-order valence-electron chi connectivity index (χ2n) is 7.84. The van der Waals surface area contributed by atoms with Gasteiger partial charge in [0.15, 0.2) is 5.13 Å². The third-order valence-electron chi connectivity index (χ3n) is 5.65. The fourth-order valence-corrected chi connectivity index (χ4v) is 6.10. The first kappa shape index (κ1) is 21.4. The fourth-order valence-electron chi connectivity index (χ4n) is 4.11. The number of aliphatic hydroxyl groups excluding tert-OH is 1. The lowest BCUT2D eigenvalue weighted by molar-refractivity contribution is -0.132. The van der Waals surface area contributed by atoms with Gasteiger partial charge in [-0.3, -0.25) is 14.5 Å². The minimum Gasteiger partial charge on any atom is -0.507 e. The average Bonchev–Trinajstić information content (AvgIpc) is 3.52. The van der Waals surface area contributed by atoms with E-state index in [-0.39, 0.29) is 11.3 Å². The van der Waals surface area contributed by atoms with Gasteiger partial charge in [0, 0.05) is 10.4 Å². The van der Waals surface area contributed by atoms with Crippen LogP contribution in [-0.4, -0.2) is 28.9 Å². The molecule has 33 heavy (non-hydrogen) atoms. The highest BCUT2D eigenvalue weighted by Crippen LogP contribution is 2.45. The van der Waals surface area contributed by atoms with Crippen molar-refractivity contribution in [3.8, 4) is 5.75 Å². The number of methoxy groups -OCH3 is 1. The molecule has 1 fully saturated rings. The maximum absolute atomic E-state index is 13.3. The van der Waals surface area contributed by atoms with E-state index in [1.165, 1.54) is 27.6 Å². The number of amides is 1. The molecule has 1 unspecified atom stereocenters. The van der Waals surface area contributed by atoms with E-state index in [0.29, 0.717) is 16.4 Å². The Labute approximate surface area is 198 Å². The smallest absolute Gasteiger partial charge is 0.301 e. The normalized spacial score (nSPS) is 17.8. The molecule has 1 N–H and O–H groups in total. The summed E-state index contributed by atoms with van der Waals surface area (Å²) in [7, 11) is 1.55. The molecule has 0 radical (unpaired) electrons. The number of ether oxygens (including phenoxy) is 1. The molecule has 4 aromatic rings. The molecular weight excluding hydrogens is 456 g/mol. The standard InChI is InChI=1S/C25H20N2O4S2/c1-13-11-14(2)20-18(12-13)33-25(26-20)27-21(17-5-4-10-32-17)19(23(29)24(27)30)22(28)15-6-8-16(31-3)9-7-15/h4-12,21,28H,1-3H3/b22-19+. The Hall–Kier alpha value is -3.49. The van der Waals surface area contributed by atoms with Crippen LogP contribution in [0.3, 0.4) is 0 Å². The van der Waals surface area contributed by atoms with Crippen molar-refractivity contribution in [1.82, 2.24) is 4.98 Å². The Kier molecular flexibility index (Phi) is 5.26. The predicted octanol–water partition coefficient (Wildman–Crippen LogP) is 5.61. The minimum absolute atomic E-state index is 0.0553. The van der Waals surface area contributed by atoms with Gasteiger partial charge in [-0.05, 0) is 66.8 Å². The van der Waals surface area contributed by atoms with Crippen molar-refractivity contribution in [3.63, 3.8) is 0 Å². The average molecular weight is 477 g/mol. The van der Waals surface area contributed by atoms with Crippen LogP contribution in [0.1, 0.15) is 27.6 Å². The first-order valence-electron chi connectivity index (χ1n) is 10.3. The van der Waals surface area contributed by atoms with E-state index in [9.17, 15) is 14.7 Å². The predicted molar refractivity (Wildman–Crippen MR) is 131 cm³/mol. The quantitative estimate of drug-likeness (QED) is 0.235. The summed E-state index contributed by atoms with van der Waals surface area (Å²) in [5.41, 5.74) is 3.41. The number of carbonyl (C=O) groups excluding carboxylic acids is 2. The van der Waals surface area contributed by atoms with Crippen molar-refractivity contribution in [2.75, 3.05) is 12.0 Å².